The SMILES string of the molecule is Cc1noc(NC(=O)c2cc(C(F)(F)F)ccc2NN)n1. The second-order valence-electron chi connectivity index (χ2n) is 4.00. The van der Waals surface area contributed by atoms with Crippen LogP contribution in [0.5, 0.6) is 0 Å². The maximum Gasteiger partial charge on any atom is 0.416 e. The molecule has 7 nitrogen and oxygen atoms in total. The maximum absolute atomic E-state index is 12.7. The standard InChI is InChI=1S/C11H10F3N5O2/c1-5-16-10(21-19-5)17-9(20)7-4-6(11(12,13)14)2-3-8(7)18-15/h2-4,18H,15H2,1H3,(H,16,17,19,20). The number of aromatic nitrogens is 2. The van der Waals surface area contributed by atoms with Crippen LogP contribution in [0.1, 0.15) is 21.7 Å². The molecule has 1 aromatic carbocycles. The Morgan fingerprint density at radius 1 is 1.38 bits per heavy atom. The van der Waals surface area contributed by atoms with E-state index in [0.29, 0.717) is 6.07 Å². The van der Waals surface area contributed by atoms with Crippen molar-refractivity contribution >= 4 is 17.6 Å². The van der Waals surface area contributed by atoms with Crippen molar-refractivity contribution in [3.05, 3.63) is 35.2 Å². The number of alkyl halides is 3. The first kappa shape index (κ1) is 14.8. The van der Waals surface area contributed by atoms with Crippen molar-refractivity contribution < 1.29 is 22.5 Å². The zero-order chi connectivity index (χ0) is 15.6. The first-order chi connectivity index (χ1) is 9.81. The predicted octanol–water partition coefficient (Wildman–Crippen LogP) is 1.93. The molecule has 1 heterocycles. The highest BCUT2D eigenvalue weighted by atomic mass is 19.4. The number of nitrogens with one attached hydrogen (secondary N) is 2. The van der Waals surface area contributed by atoms with E-state index in [2.05, 4.69) is 25.4 Å². The van der Waals surface area contributed by atoms with Gasteiger partial charge in [-0.2, -0.15) is 18.2 Å². The summed E-state index contributed by atoms with van der Waals surface area (Å²) in [5, 5.41) is 5.63. The van der Waals surface area contributed by atoms with Gasteiger partial charge in [-0.1, -0.05) is 5.16 Å². The molecule has 2 aromatic rings. The molecule has 0 saturated carbocycles. The van der Waals surface area contributed by atoms with Gasteiger partial charge in [0, 0.05) is 0 Å². The topological polar surface area (TPSA) is 106 Å². The van der Waals surface area contributed by atoms with Crippen molar-refractivity contribution in [3.63, 3.8) is 0 Å². The number of carbonyl (C=O) groups is 1. The Morgan fingerprint density at radius 3 is 2.62 bits per heavy atom. The van der Waals surface area contributed by atoms with E-state index in [4.69, 9.17) is 5.84 Å². The monoisotopic (exact) mass is 301 g/mol. The molecule has 0 spiro atoms. The molecule has 0 aliphatic heterocycles. The molecule has 2 rings (SSSR count). The van der Waals surface area contributed by atoms with E-state index in [0.717, 1.165) is 12.1 Å². The Hall–Kier alpha value is -2.62. The number of nitrogen functional groups attached to an aromatic ring is 1. The zero-order valence-corrected chi connectivity index (χ0v) is 10.7. The lowest BCUT2D eigenvalue weighted by Crippen LogP contribution is -2.19. The molecule has 0 unspecified atom stereocenters. The molecule has 21 heavy (non-hydrogen) atoms. The van der Waals surface area contributed by atoms with Crippen LogP contribution in [0.15, 0.2) is 22.7 Å². The Labute approximate surface area is 116 Å². The summed E-state index contributed by atoms with van der Waals surface area (Å²) < 4.78 is 42.7. The summed E-state index contributed by atoms with van der Waals surface area (Å²) >= 11 is 0. The average Bonchev–Trinajstić information content (AvgIpc) is 2.82. The second kappa shape index (κ2) is 5.40. The maximum atomic E-state index is 12.7. The number of halogens is 3. The van der Waals surface area contributed by atoms with Crippen LogP contribution in [0.2, 0.25) is 0 Å². The van der Waals surface area contributed by atoms with Crippen LogP contribution in [0.25, 0.3) is 0 Å². The van der Waals surface area contributed by atoms with E-state index in [1.54, 1.807) is 0 Å². The van der Waals surface area contributed by atoms with Crippen molar-refractivity contribution in [1.82, 2.24) is 10.1 Å². The summed E-state index contributed by atoms with van der Waals surface area (Å²) in [5.74, 6) is 4.59. The molecular weight excluding hydrogens is 291 g/mol. The molecule has 0 aliphatic rings. The minimum atomic E-state index is -4.58. The van der Waals surface area contributed by atoms with E-state index < -0.39 is 17.6 Å². The summed E-state index contributed by atoms with van der Waals surface area (Å²) in [6.45, 7) is 1.52. The van der Waals surface area contributed by atoms with Crippen LogP contribution < -0.4 is 16.6 Å². The molecule has 0 saturated heterocycles. The van der Waals surface area contributed by atoms with Crippen molar-refractivity contribution in [3.8, 4) is 0 Å². The summed E-state index contributed by atoms with van der Waals surface area (Å²) in [6, 6.07) is 2.31. The number of aryl methyl sites for hydroxylation is 1. The number of rotatable bonds is 3. The average molecular weight is 301 g/mol. The molecule has 0 bridgehead atoms. The van der Waals surface area contributed by atoms with E-state index in [1.165, 1.54) is 6.92 Å². The number of nitrogens with two attached hydrogens (primary N) is 1. The Balaban J connectivity index is 2.34. The smallest absolute Gasteiger partial charge is 0.323 e. The minimum Gasteiger partial charge on any atom is -0.323 e. The Kier molecular flexibility index (Phi) is 3.80. The van der Waals surface area contributed by atoms with E-state index in [9.17, 15) is 18.0 Å². The van der Waals surface area contributed by atoms with E-state index >= 15 is 0 Å². The first-order valence-electron chi connectivity index (χ1n) is 5.61. The fraction of sp³-hybridized carbons (Fsp3) is 0.182. The van der Waals surface area contributed by atoms with Gasteiger partial charge in [0.25, 0.3) is 5.91 Å². The van der Waals surface area contributed by atoms with Crippen molar-refractivity contribution in [2.24, 2.45) is 5.84 Å². The number of amides is 1. The van der Waals surface area contributed by atoms with Crippen LogP contribution >= 0.6 is 0 Å². The molecule has 4 N–H and O–H groups in total. The third-order valence-corrected chi connectivity index (χ3v) is 2.50. The third-order valence-electron chi connectivity index (χ3n) is 2.50. The van der Waals surface area contributed by atoms with Gasteiger partial charge in [-0.25, -0.2) is 0 Å². The lowest BCUT2D eigenvalue weighted by molar-refractivity contribution is -0.137. The number of nitrogens with zero attached hydrogens (tertiary/aromatic N) is 2. The van der Waals surface area contributed by atoms with Gasteiger partial charge in [0.1, 0.15) is 0 Å². The van der Waals surface area contributed by atoms with Crippen molar-refractivity contribution in [2.45, 2.75) is 13.1 Å². The Morgan fingerprint density at radius 2 is 2.10 bits per heavy atom. The van der Waals surface area contributed by atoms with E-state index in [1.807, 2.05) is 0 Å². The molecular formula is C11H10F3N5O2. The minimum absolute atomic E-state index is 0.0248. The molecule has 1 aromatic heterocycles. The number of anilines is 2. The lowest BCUT2D eigenvalue weighted by Gasteiger charge is -2.12. The quantitative estimate of drug-likeness (QED) is 0.591. The van der Waals surface area contributed by atoms with Gasteiger partial charge >= 0.3 is 12.2 Å². The van der Waals surface area contributed by atoms with E-state index in [-0.39, 0.29) is 23.1 Å². The van der Waals surface area contributed by atoms with Crippen LogP contribution in [0.4, 0.5) is 24.9 Å². The summed E-state index contributed by atoms with van der Waals surface area (Å²) in [4.78, 5) is 15.7. The number of hydrazine groups is 1. The molecule has 0 radical (unpaired) electrons. The number of benzene rings is 1. The second-order valence-corrected chi connectivity index (χ2v) is 4.00. The zero-order valence-electron chi connectivity index (χ0n) is 10.7. The summed E-state index contributed by atoms with van der Waals surface area (Å²) in [6.07, 6.45) is -4.58. The first-order valence-corrected chi connectivity index (χ1v) is 5.61. The molecule has 0 aliphatic carbocycles. The third kappa shape index (κ3) is 3.28. The molecule has 10 heteroatoms. The van der Waals surface area contributed by atoms with Crippen LogP contribution in [-0.2, 0) is 6.18 Å². The number of hydrogen-bond acceptors (Lipinski definition) is 6. The highest BCUT2D eigenvalue weighted by molar-refractivity contribution is 6.07. The predicted molar refractivity (Wildman–Crippen MR) is 66.2 cm³/mol. The van der Waals surface area contributed by atoms with Gasteiger partial charge in [0.05, 0.1) is 16.8 Å². The molecule has 1 amide bonds. The van der Waals surface area contributed by atoms with Crippen LogP contribution in [-0.4, -0.2) is 16.0 Å². The fourth-order valence-corrected chi connectivity index (χ4v) is 1.55. The van der Waals surface area contributed by atoms with Gasteiger partial charge in [0.2, 0.25) is 0 Å². The van der Waals surface area contributed by atoms with Gasteiger partial charge in [0.15, 0.2) is 5.82 Å². The molecule has 0 fully saturated rings. The summed E-state index contributed by atoms with van der Waals surface area (Å²) in [5.41, 5.74) is 0.895. The molecule has 112 valence electrons. The Bertz CT molecular complexity index is 668. The largest absolute Gasteiger partial charge is 0.416 e. The van der Waals surface area contributed by atoms with Crippen LogP contribution in [0, 0.1) is 6.92 Å². The van der Waals surface area contributed by atoms with Crippen molar-refractivity contribution in [2.75, 3.05) is 10.7 Å². The van der Waals surface area contributed by atoms with Gasteiger partial charge in [-0.05, 0) is 25.1 Å². The molecule has 0 atom stereocenters. The van der Waals surface area contributed by atoms with Gasteiger partial charge in [-0.3, -0.25) is 16.0 Å². The van der Waals surface area contributed by atoms with Gasteiger partial charge in [-0.15, -0.1) is 0 Å². The highest BCUT2D eigenvalue weighted by Gasteiger charge is 2.32. The lowest BCUT2D eigenvalue weighted by atomic mass is 10.1. The van der Waals surface area contributed by atoms with Crippen molar-refractivity contribution in [1.29, 1.82) is 0 Å². The highest BCUT2D eigenvalue weighted by Crippen LogP contribution is 2.31. The van der Waals surface area contributed by atoms with Crippen LogP contribution in [0.3, 0.4) is 0 Å². The summed E-state index contributed by atoms with van der Waals surface area (Å²) in [7, 11) is 0. The normalized spacial score (nSPS) is 11.3. The fourth-order valence-electron chi connectivity index (χ4n) is 1.55. The number of hydrogen-bond donors (Lipinski definition) is 3. The van der Waals surface area contributed by atoms with Gasteiger partial charge < -0.3 is 9.95 Å². The number of carbonyl (C=O) groups excluding carboxylic acids is 1.